The van der Waals surface area contributed by atoms with Gasteiger partial charge in [-0.3, -0.25) is 4.98 Å². The van der Waals surface area contributed by atoms with Gasteiger partial charge in [-0.05, 0) is 41.5 Å². The monoisotopic (exact) mass is 275 g/mol. The van der Waals surface area contributed by atoms with Gasteiger partial charge in [0.15, 0.2) is 0 Å². The van der Waals surface area contributed by atoms with Crippen LogP contribution in [0.4, 0.5) is 0 Å². The van der Waals surface area contributed by atoms with Crippen molar-refractivity contribution in [3.05, 3.63) is 65.9 Å². The average molecular weight is 275 g/mol. The van der Waals surface area contributed by atoms with Crippen LogP contribution < -0.4 is 0 Å². The van der Waals surface area contributed by atoms with Crippen LogP contribution in [-0.4, -0.2) is 4.98 Å². The van der Waals surface area contributed by atoms with Gasteiger partial charge in [0.2, 0.25) is 0 Å². The quantitative estimate of drug-likeness (QED) is 0.571. The van der Waals surface area contributed by atoms with Crippen LogP contribution in [-0.2, 0) is 5.41 Å². The van der Waals surface area contributed by atoms with Gasteiger partial charge in [0.05, 0.1) is 5.69 Å². The number of rotatable bonds is 1. The summed E-state index contributed by atoms with van der Waals surface area (Å²) in [5, 5.41) is 2.45. The summed E-state index contributed by atoms with van der Waals surface area (Å²) in [6, 6.07) is 17.3. The van der Waals surface area contributed by atoms with Gasteiger partial charge in [0.1, 0.15) is 0 Å². The highest BCUT2D eigenvalue weighted by Gasteiger charge is 2.16. The SMILES string of the molecule is Cc1cc(-c2nccc3ccccc23)cc(C(C)(C)C)c1. The van der Waals surface area contributed by atoms with Crippen molar-refractivity contribution in [2.75, 3.05) is 0 Å². The number of nitrogens with zero attached hydrogens (tertiary/aromatic N) is 1. The normalized spacial score (nSPS) is 11.8. The molecule has 0 spiro atoms. The average Bonchev–Trinajstić information content (AvgIpc) is 2.45. The molecule has 0 radical (unpaired) electrons. The molecule has 21 heavy (non-hydrogen) atoms. The summed E-state index contributed by atoms with van der Waals surface area (Å²) >= 11 is 0. The molecule has 0 aliphatic carbocycles. The minimum absolute atomic E-state index is 0.144. The predicted molar refractivity (Wildman–Crippen MR) is 90.6 cm³/mol. The molecule has 0 bridgehead atoms. The third kappa shape index (κ3) is 2.69. The van der Waals surface area contributed by atoms with Crippen molar-refractivity contribution >= 4 is 10.8 Å². The summed E-state index contributed by atoms with van der Waals surface area (Å²) in [6.45, 7) is 8.91. The molecular weight excluding hydrogens is 254 g/mol. The minimum Gasteiger partial charge on any atom is -0.256 e. The number of fused-ring (bicyclic) bond motifs is 1. The summed E-state index contributed by atoms with van der Waals surface area (Å²) in [6.07, 6.45) is 1.90. The summed E-state index contributed by atoms with van der Waals surface area (Å²) in [5.74, 6) is 0. The van der Waals surface area contributed by atoms with Crippen molar-refractivity contribution in [3.8, 4) is 11.3 Å². The second kappa shape index (κ2) is 5.00. The Morgan fingerprint density at radius 2 is 1.67 bits per heavy atom. The molecule has 0 unspecified atom stereocenters. The lowest BCUT2D eigenvalue weighted by atomic mass is 9.84. The van der Waals surface area contributed by atoms with E-state index in [9.17, 15) is 0 Å². The van der Waals surface area contributed by atoms with Crippen LogP contribution in [0.2, 0.25) is 0 Å². The molecule has 0 saturated heterocycles. The van der Waals surface area contributed by atoms with Gasteiger partial charge in [-0.1, -0.05) is 56.7 Å². The number of pyridine rings is 1. The molecule has 0 fully saturated rings. The highest BCUT2D eigenvalue weighted by atomic mass is 14.7. The van der Waals surface area contributed by atoms with Crippen LogP contribution in [0, 0.1) is 6.92 Å². The van der Waals surface area contributed by atoms with E-state index in [0.717, 1.165) is 5.69 Å². The van der Waals surface area contributed by atoms with Gasteiger partial charge in [0.25, 0.3) is 0 Å². The van der Waals surface area contributed by atoms with Gasteiger partial charge >= 0.3 is 0 Å². The van der Waals surface area contributed by atoms with E-state index in [4.69, 9.17) is 0 Å². The Morgan fingerprint density at radius 3 is 2.43 bits per heavy atom. The fraction of sp³-hybridized carbons (Fsp3) is 0.250. The first-order valence-corrected chi connectivity index (χ1v) is 7.41. The number of benzene rings is 2. The van der Waals surface area contributed by atoms with Crippen molar-refractivity contribution < 1.29 is 0 Å². The highest BCUT2D eigenvalue weighted by Crippen LogP contribution is 2.31. The lowest BCUT2D eigenvalue weighted by molar-refractivity contribution is 0.590. The molecule has 1 nitrogen and oxygen atoms in total. The Kier molecular flexibility index (Phi) is 3.29. The highest BCUT2D eigenvalue weighted by molar-refractivity contribution is 5.94. The van der Waals surface area contributed by atoms with E-state index in [1.165, 1.54) is 27.5 Å². The molecule has 0 aliphatic heterocycles. The third-order valence-corrected chi connectivity index (χ3v) is 3.89. The van der Waals surface area contributed by atoms with Gasteiger partial charge in [-0.25, -0.2) is 0 Å². The number of hydrogen-bond acceptors (Lipinski definition) is 1. The number of hydrogen-bond donors (Lipinski definition) is 0. The Morgan fingerprint density at radius 1 is 0.905 bits per heavy atom. The first-order chi connectivity index (χ1) is 9.95. The van der Waals surface area contributed by atoms with Crippen LogP contribution in [0.25, 0.3) is 22.0 Å². The van der Waals surface area contributed by atoms with Gasteiger partial charge in [0, 0.05) is 17.1 Å². The zero-order chi connectivity index (χ0) is 15.0. The van der Waals surface area contributed by atoms with Gasteiger partial charge in [-0.15, -0.1) is 0 Å². The molecule has 3 rings (SSSR count). The van der Waals surface area contributed by atoms with Crippen molar-refractivity contribution in [2.45, 2.75) is 33.1 Å². The van der Waals surface area contributed by atoms with E-state index in [1.54, 1.807) is 0 Å². The van der Waals surface area contributed by atoms with Gasteiger partial charge < -0.3 is 0 Å². The maximum atomic E-state index is 4.64. The molecule has 0 N–H and O–H groups in total. The van der Waals surface area contributed by atoms with E-state index in [-0.39, 0.29) is 5.41 Å². The second-order valence-electron chi connectivity index (χ2n) is 6.72. The van der Waals surface area contributed by atoms with Crippen LogP contribution in [0.3, 0.4) is 0 Å². The number of aryl methyl sites for hydroxylation is 1. The zero-order valence-corrected chi connectivity index (χ0v) is 13.1. The summed E-state index contributed by atoms with van der Waals surface area (Å²) in [5.41, 5.74) is 5.06. The van der Waals surface area contributed by atoms with Crippen LogP contribution in [0.15, 0.2) is 54.7 Å². The molecule has 106 valence electrons. The first-order valence-electron chi connectivity index (χ1n) is 7.41. The Balaban J connectivity index is 2.26. The molecule has 0 saturated carbocycles. The molecular formula is C20H21N. The molecule has 1 heterocycles. The van der Waals surface area contributed by atoms with Crippen LogP contribution >= 0.6 is 0 Å². The Bertz CT molecular complexity index is 789. The standard InChI is InChI=1S/C20H21N/c1-14-11-16(13-17(12-14)20(2,3)4)19-18-8-6-5-7-15(18)9-10-21-19/h5-13H,1-4H3. The van der Waals surface area contributed by atoms with Crippen LogP contribution in [0.5, 0.6) is 0 Å². The third-order valence-electron chi connectivity index (χ3n) is 3.89. The smallest absolute Gasteiger partial charge is 0.0780 e. The van der Waals surface area contributed by atoms with Gasteiger partial charge in [-0.2, -0.15) is 0 Å². The fourth-order valence-corrected chi connectivity index (χ4v) is 2.70. The molecule has 1 aromatic heterocycles. The van der Waals surface area contributed by atoms with E-state index in [2.05, 4.69) is 81.2 Å². The molecule has 2 aromatic carbocycles. The predicted octanol–water partition coefficient (Wildman–Crippen LogP) is 5.51. The topological polar surface area (TPSA) is 12.9 Å². The molecule has 0 atom stereocenters. The van der Waals surface area contributed by atoms with Crippen molar-refractivity contribution in [2.24, 2.45) is 0 Å². The van der Waals surface area contributed by atoms with Crippen molar-refractivity contribution in [1.82, 2.24) is 4.98 Å². The molecule has 1 heteroatoms. The van der Waals surface area contributed by atoms with Crippen molar-refractivity contribution in [1.29, 1.82) is 0 Å². The van der Waals surface area contributed by atoms with E-state index >= 15 is 0 Å². The van der Waals surface area contributed by atoms with E-state index in [1.807, 2.05) is 6.20 Å². The molecule has 0 amide bonds. The molecule has 3 aromatic rings. The van der Waals surface area contributed by atoms with Crippen LogP contribution in [0.1, 0.15) is 31.9 Å². The fourth-order valence-electron chi connectivity index (χ4n) is 2.70. The van der Waals surface area contributed by atoms with E-state index < -0.39 is 0 Å². The zero-order valence-electron chi connectivity index (χ0n) is 13.1. The summed E-state index contributed by atoms with van der Waals surface area (Å²) in [4.78, 5) is 4.64. The Hall–Kier alpha value is -2.15. The van der Waals surface area contributed by atoms with Crippen molar-refractivity contribution in [3.63, 3.8) is 0 Å². The maximum Gasteiger partial charge on any atom is 0.0780 e. The lowest BCUT2D eigenvalue weighted by Gasteiger charge is -2.21. The van der Waals surface area contributed by atoms with E-state index in [0.29, 0.717) is 0 Å². The minimum atomic E-state index is 0.144. The largest absolute Gasteiger partial charge is 0.256 e. The summed E-state index contributed by atoms with van der Waals surface area (Å²) in [7, 11) is 0. The molecule has 0 aliphatic rings. The maximum absolute atomic E-state index is 4.64. The lowest BCUT2D eigenvalue weighted by Crippen LogP contribution is -2.11. The summed E-state index contributed by atoms with van der Waals surface area (Å²) < 4.78 is 0. The second-order valence-corrected chi connectivity index (χ2v) is 6.72. The first kappa shape index (κ1) is 13.8. The Labute approximate surface area is 126 Å². The number of aromatic nitrogens is 1.